The minimum atomic E-state index is -0.192. The second kappa shape index (κ2) is 5.83. The Kier molecular flexibility index (Phi) is 4.12. The van der Waals surface area contributed by atoms with Gasteiger partial charge in [0.15, 0.2) is 0 Å². The van der Waals surface area contributed by atoms with E-state index in [0.29, 0.717) is 22.7 Å². The number of carbonyl (C=O) groups is 1. The zero-order chi connectivity index (χ0) is 15.6. The largest absolute Gasteiger partial charge is 0.466 e. The van der Waals surface area contributed by atoms with Crippen molar-refractivity contribution in [1.82, 2.24) is 0 Å². The highest BCUT2D eigenvalue weighted by Crippen LogP contribution is 2.22. The summed E-state index contributed by atoms with van der Waals surface area (Å²) in [5, 5.41) is 14.7. The van der Waals surface area contributed by atoms with Gasteiger partial charge in [0.25, 0.3) is 5.91 Å². The Balaban J connectivity index is 2.20. The van der Waals surface area contributed by atoms with Gasteiger partial charge in [-0.05, 0) is 45.4 Å². The average molecular weight is 286 g/mol. The Morgan fingerprint density at radius 1 is 1.14 bits per heavy atom. The lowest BCUT2D eigenvalue weighted by molar-refractivity contribution is 0.102. The van der Waals surface area contributed by atoms with Crippen LogP contribution in [0, 0.1) is 20.8 Å². The lowest BCUT2D eigenvalue weighted by Crippen LogP contribution is -2.13. The predicted molar refractivity (Wildman–Crippen MR) is 81.3 cm³/mol. The second-order valence-corrected chi connectivity index (χ2v) is 4.93. The molecule has 0 aliphatic carbocycles. The summed E-state index contributed by atoms with van der Waals surface area (Å²) in [4.78, 5) is 12.3. The number of rotatable bonds is 3. The lowest BCUT2D eigenvalue weighted by Gasteiger charge is -2.06. The fourth-order valence-electron chi connectivity index (χ4n) is 2.17. The lowest BCUT2D eigenvalue weighted by atomic mass is 10.1. The first kappa shape index (κ1) is 14.8. The molecule has 0 aliphatic heterocycles. The SMILES string of the molecule is CC(=NO)c1ccc(NC(=O)c2c(C)oc(C)c2C)cc1. The van der Waals surface area contributed by atoms with Crippen LogP contribution in [0.25, 0.3) is 0 Å². The van der Waals surface area contributed by atoms with Crippen LogP contribution in [0.5, 0.6) is 0 Å². The van der Waals surface area contributed by atoms with Gasteiger partial charge in [0, 0.05) is 11.3 Å². The Bertz CT molecular complexity index is 697. The van der Waals surface area contributed by atoms with Crippen molar-refractivity contribution in [2.24, 2.45) is 5.16 Å². The topological polar surface area (TPSA) is 74.8 Å². The molecule has 0 unspecified atom stereocenters. The number of amides is 1. The molecule has 21 heavy (non-hydrogen) atoms. The third-order valence-electron chi connectivity index (χ3n) is 3.50. The number of benzene rings is 1. The number of oxime groups is 1. The highest BCUT2D eigenvalue weighted by atomic mass is 16.4. The summed E-state index contributed by atoms with van der Waals surface area (Å²) in [5.74, 6) is 1.17. The molecule has 0 spiro atoms. The summed E-state index contributed by atoms with van der Waals surface area (Å²) in [6.45, 7) is 7.18. The molecule has 2 N–H and O–H groups in total. The van der Waals surface area contributed by atoms with Crippen LogP contribution in [0.3, 0.4) is 0 Å². The van der Waals surface area contributed by atoms with Crippen molar-refractivity contribution >= 4 is 17.3 Å². The van der Waals surface area contributed by atoms with Crippen molar-refractivity contribution in [3.63, 3.8) is 0 Å². The molecule has 1 heterocycles. The molecule has 1 aromatic heterocycles. The molecule has 0 bridgehead atoms. The molecule has 0 saturated heterocycles. The third kappa shape index (κ3) is 2.97. The summed E-state index contributed by atoms with van der Waals surface area (Å²) in [6.07, 6.45) is 0. The van der Waals surface area contributed by atoms with Crippen LogP contribution in [-0.2, 0) is 0 Å². The van der Waals surface area contributed by atoms with Crippen LogP contribution in [0.2, 0.25) is 0 Å². The van der Waals surface area contributed by atoms with Crippen molar-refractivity contribution in [1.29, 1.82) is 0 Å². The Labute approximate surface area is 123 Å². The predicted octanol–water partition coefficient (Wildman–Crippen LogP) is 3.66. The Morgan fingerprint density at radius 2 is 1.76 bits per heavy atom. The summed E-state index contributed by atoms with van der Waals surface area (Å²) >= 11 is 0. The van der Waals surface area contributed by atoms with E-state index in [9.17, 15) is 4.79 Å². The van der Waals surface area contributed by atoms with Crippen LogP contribution >= 0.6 is 0 Å². The molecule has 5 nitrogen and oxygen atoms in total. The zero-order valence-electron chi connectivity index (χ0n) is 12.5. The maximum Gasteiger partial charge on any atom is 0.259 e. The fourth-order valence-corrected chi connectivity index (χ4v) is 2.17. The van der Waals surface area contributed by atoms with Gasteiger partial charge in [-0.25, -0.2) is 0 Å². The quantitative estimate of drug-likeness (QED) is 0.513. The number of anilines is 1. The van der Waals surface area contributed by atoms with Gasteiger partial charge in [-0.15, -0.1) is 0 Å². The van der Waals surface area contributed by atoms with Gasteiger partial charge in [0.2, 0.25) is 0 Å². The van der Waals surface area contributed by atoms with Gasteiger partial charge < -0.3 is 14.9 Å². The zero-order valence-corrected chi connectivity index (χ0v) is 12.5. The number of carbonyl (C=O) groups excluding carboxylic acids is 1. The number of hydrogen-bond donors (Lipinski definition) is 2. The van der Waals surface area contributed by atoms with Crippen LogP contribution in [0.4, 0.5) is 5.69 Å². The normalized spacial score (nSPS) is 11.5. The summed E-state index contributed by atoms with van der Waals surface area (Å²) in [5.41, 5.74) is 3.41. The molecule has 2 rings (SSSR count). The third-order valence-corrected chi connectivity index (χ3v) is 3.50. The smallest absolute Gasteiger partial charge is 0.259 e. The van der Waals surface area contributed by atoms with Gasteiger partial charge in [0.1, 0.15) is 11.5 Å². The second-order valence-electron chi connectivity index (χ2n) is 4.93. The van der Waals surface area contributed by atoms with E-state index in [1.807, 2.05) is 13.8 Å². The standard InChI is InChI=1S/C16H18N2O3/c1-9-11(3)21-12(4)15(9)16(19)17-14-7-5-13(6-8-14)10(2)18-20/h5-8,20H,1-4H3,(H,17,19). The molecule has 0 aliphatic rings. The van der Waals surface area contributed by atoms with E-state index in [0.717, 1.165) is 16.9 Å². The van der Waals surface area contributed by atoms with E-state index in [1.54, 1.807) is 38.1 Å². The van der Waals surface area contributed by atoms with E-state index >= 15 is 0 Å². The van der Waals surface area contributed by atoms with E-state index in [4.69, 9.17) is 9.62 Å². The first-order chi connectivity index (χ1) is 9.93. The molecule has 1 amide bonds. The maximum absolute atomic E-state index is 12.3. The fraction of sp³-hybridized carbons (Fsp3) is 0.250. The van der Waals surface area contributed by atoms with Crippen LogP contribution in [-0.4, -0.2) is 16.8 Å². The Morgan fingerprint density at radius 3 is 2.24 bits per heavy atom. The van der Waals surface area contributed by atoms with Crippen LogP contribution < -0.4 is 5.32 Å². The molecule has 5 heteroatoms. The van der Waals surface area contributed by atoms with Gasteiger partial charge in [-0.3, -0.25) is 4.79 Å². The number of furan rings is 1. The van der Waals surface area contributed by atoms with Gasteiger partial charge >= 0.3 is 0 Å². The number of aryl methyl sites for hydroxylation is 2. The van der Waals surface area contributed by atoms with Crippen molar-refractivity contribution in [2.75, 3.05) is 5.32 Å². The van der Waals surface area contributed by atoms with E-state index < -0.39 is 0 Å². The molecular formula is C16H18N2O3. The maximum atomic E-state index is 12.3. The highest BCUT2D eigenvalue weighted by Gasteiger charge is 2.18. The van der Waals surface area contributed by atoms with Crippen LogP contribution in [0.15, 0.2) is 33.8 Å². The van der Waals surface area contributed by atoms with Crippen molar-refractivity contribution < 1.29 is 14.4 Å². The summed E-state index contributed by atoms with van der Waals surface area (Å²) < 4.78 is 5.46. The minimum absolute atomic E-state index is 0.192. The summed E-state index contributed by atoms with van der Waals surface area (Å²) in [7, 11) is 0. The number of nitrogens with one attached hydrogen (secondary N) is 1. The monoisotopic (exact) mass is 286 g/mol. The molecule has 0 atom stereocenters. The average Bonchev–Trinajstić information content (AvgIpc) is 2.72. The molecule has 0 saturated carbocycles. The summed E-state index contributed by atoms with van der Waals surface area (Å²) in [6, 6.07) is 7.09. The Hall–Kier alpha value is -2.56. The van der Waals surface area contributed by atoms with E-state index in [2.05, 4.69) is 10.5 Å². The molecule has 0 fully saturated rings. The minimum Gasteiger partial charge on any atom is -0.466 e. The molecule has 2 aromatic rings. The van der Waals surface area contributed by atoms with Crippen molar-refractivity contribution in [3.8, 4) is 0 Å². The first-order valence-corrected chi connectivity index (χ1v) is 6.61. The van der Waals surface area contributed by atoms with Crippen molar-refractivity contribution in [3.05, 3.63) is 52.5 Å². The molecular weight excluding hydrogens is 268 g/mol. The van der Waals surface area contributed by atoms with E-state index in [1.165, 1.54) is 0 Å². The molecule has 0 radical (unpaired) electrons. The molecule has 1 aromatic carbocycles. The molecule has 110 valence electrons. The number of nitrogens with zero attached hydrogens (tertiary/aromatic N) is 1. The highest BCUT2D eigenvalue weighted by molar-refractivity contribution is 6.06. The van der Waals surface area contributed by atoms with Crippen LogP contribution in [0.1, 0.15) is 39.9 Å². The van der Waals surface area contributed by atoms with Gasteiger partial charge in [-0.2, -0.15) is 0 Å². The van der Waals surface area contributed by atoms with Gasteiger partial charge in [-0.1, -0.05) is 17.3 Å². The van der Waals surface area contributed by atoms with Gasteiger partial charge in [0.05, 0.1) is 11.3 Å². The first-order valence-electron chi connectivity index (χ1n) is 6.61. The van der Waals surface area contributed by atoms with E-state index in [-0.39, 0.29) is 5.91 Å². The number of hydrogen-bond acceptors (Lipinski definition) is 4. The van der Waals surface area contributed by atoms with Crippen molar-refractivity contribution in [2.45, 2.75) is 27.7 Å².